The first-order valence-electron chi connectivity index (χ1n) is 8.68. The fourth-order valence-corrected chi connectivity index (χ4v) is 3.80. The molecule has 0 bridgehead atoms. The highest BCUT2D eigenvalue weighted by molar-refractivity contribution is 7.92. The lowest BCUT2D eigenvalue weighted by Crippen LogP contribution is -2.25. The van der Waals surface area contributed by atoms with E-state index in [0.717, 1.165) is 17.5 Å². The zero-order chi connectivity index (χ0) is 19.3. The molecule has 0 heterocycles. The van der Waals surface area contributed by atoms with Gasteiger partial charge in [-0.2, -0.15) is 0 Å². The van der Waals surface area contributed by atoms with Gasteiger partial charge in [-0.1, -0.05) is 38.1 Å². The largest absolute Gasteiger partial charge is 0.352 e. The van der Waals surface area contributed by atoms with Crippen LogP contribution in [0.25, 0.3) is 0 Å². The molecule has 0 saturated heterocycles. The van der Waals surface area contributed by atoms with Gasteiger partial charge in [0.1, 0.15) is 0 Å². The summed E-state index contributed by atoms with van der Waals surface area (Å²) in [5.74, 6) is 0.221. The van der Waals surface area contributed by atoms with E-state index in [0.29, 0.717) is 23.7 Å². The second-order valence-electron chi connectivity index (χ2n) is 6.84. The van der Waals surface area contributed by atoms with E-state index in [1.54, 1.807) is 12.1 Å². The van der Waals surface area contributed by atoms with Gasteiger partial charge in [-0.05, 0) is 55.5 Å². The molecule has 2 aromatic rings. The minimum absolute atomic E-state index is 0.0664. The van der Waals surface area contributed by atoms with E-state index in [1.807, 2.05) is 32.0 Å². The van der Waals surface area contributed by atoms with Gasteiger partial charge in [-0.15, -0.1) is 0 Å². The Bertz CT molecular complexity index is 869. The zero-order valence-corrected chi connectivity index (χ0v) is 16.5. The summed E-state index contributed by atoms with van der Waals surface area (Å²) in [6.45, 7) is 8.43. The predicted molar refractivity (Wildman–Crippen MR) is 105 cm³/mol. The number of carbonyl (C=O) groups excluding carboxylic acids is 1. The molecular weight excluding hydrogens is 348 g/mol. The molecule has 0 unspecified atom stereocenters. The Morgan fingerprint density at radius 1 is 1.04 bits per heavy atom. The molecular formula is C20H26N2O3S. The Hall–Kier alpha value is -2.34. The van der Waals surface area contributed by atoms with Gasteiger partial charge in [0.25, 0.3) is 15.9 Å². The smallest absolute Gasteiger partial charge is 0.261 e. The van der Waals surface area contributed by atoms with E-state index in [9.17, 15) is 13.2 Å². The van der Waals surface area contributed by atoms with E-state index in [4.69, 9.17) is 0 Å². The lowest BCUT2D eigenvalue weighted by molar-refractivity contribution is 0.0952. The Balaban J connectivity index is 2.21. The summed E-state index contributed by atoms with van der Waals surface area (Å²) in [5, 5.41) is 2.82. The van der Waals surface area contributed by atoms with Crippen LogP contribution in [0.1, 0.15) is 41.8 Å². The van der Waals surface area contributed by atoms with Gasteiger partial charge in [0.05, 0.1) is 10.6 Å². The van der Waals surface area contributed by atoms with Crippen molar-refractivity contribution in [3.05, 3.63) is 59.2 Å². The van der Waals surface area contributed by atoms with E-state index >= 15 is 0 Å². The van der Waals surface area contributed by atoms with E-state index in [2.05, 4.69) is 23.9 Å². The van der Waals surface area contributed by atoms with Crippen LogP contribution in [0, 0.1) is 19.8 Å². The molecule has 0 saturated carbocycles. The highest BCUT2D eigenvalue weighted by Gasteiger charge is 2.18. The first-order chi connectivity index (χ1) is 12.2. The molecule has 26 heavy (non-hydrogen) atoms. The molecule has 0 spiro atoms. The molecule has 0 aliphatic heterocycles. The van der Waals surface area contributed by atoms with Gasteiger partial charge in [-0.3, -0.25) is 9.52 Å². The maximum absolute atomic E-state index is 12.7. The molecule has 0 radical (unpaired) electrons. The van der Waals surface area contributed by atoms with Crippen molar-refractivity contribution in [1.82, 2.24) is 5.32 Å². The number of rotatable bonds is 7. The number of amides is 1. The van der Waals surface area contributed by atoms with Crippen LogP contribution in [0.4, 0.5) is 5.69 Å². The van der Waals surface area contributed by atoms with Crippen LogP contribution >= 0.6 is 0 Å². The van der Waals surface area contributed by atoms with Crippen molar-refractivity contribution in [3.8, 4) is 0 Å². The summed E-state index contributed by atoms with van der Waals surface area (Å²) in [7, 11) is -3.78. The summed E-state index contributed by atoms with van der Waals surface area (Å²) in [5.41, 5.74) is 2.59. The summed E-state index contributed by atoms with van der Waals surface area (Å²) < 4.78 is 28.1. The number of hydrogen-bond donors (Lipinski definition) is 2. The molecule has 0 fully saturated rings. The number of benzene rings is 2. The average Bonchev–Trinajstić information content (AvgIpc) is 2.58. The Labute approximate surface area is 155 Å². The molecule has 2 aromatic carbocycles. The Morgan fingerprint density at radius 3 is 2.27 bits per heavy atom. The number of carbonyl (C=O) groups is 1. The van der Waals surface area contributed by atoms with E-state index in [1.165, 1.54) is 12.1 Å². The monoisotopic (exact) mass is 374 g/mol. The van der Waals surface area contributed by atoms with Crippen LogP contribution in [-0.4, -0.2) is 20.9 Å². The number of nitrogens with one attached hydrogen (secondary N) is 2. The van der Waals surface area contributed by atoms with Crippen LogP contribution < -0.4 is 10.0 Å². The Kier molecular flexibility index (Phi) is 6.42. The maximum atomic E-state index is 12.7. The summed E-state index contributed by atoms with van der Waals surface area (Å²) in [6.07, 6.45) is 0.873. The van der Waals surface area contributed by atoms with Crippen LogP contribution in [0.15, 0.2) is 47.4 Å². The van der Waals surface area contributed by atoms with Crippen molar-refractivity contribution in [2.45, 2.75) is 39.0 Å². The highest BCUT2D eigenvalue weighted by atomic mass is 32.2. The first-order valence-corrected chi connectivity index (χ1v) is 10.2. The average molecular weight is 375 g/mol. The lowest BCUT2D eigenvalue weighted by Gasteiger charge is -2.14. The fraction of sp³-hybridized carbons (Fsp3) is 0.350. The lowest BCUT2D eigenvalue weighted by atomic mass is 10.1. The molecule has 2 N–H and O–H groups in total. The number of anilines is 1. The van der Waals surface area contributed by atoms with E-state index < -0.39 is 10.0 Å². The van der Waals surface area contributed by atoms with Crippen molar-refractivity contribution in [2.24, 2.45) is 5.92 Å². The molecule has 5 nitrogen and oxygen atoms in total. The number of hydrogen-bond acceptors (Lipinski definition) is 3. The standard InChI is InChI=1S/C20H26N2O3S/c1-14(2)11-12-21-20(23)17-9-6-10-18(13-17)26(24,25)22-19-15(3)7-5-8-16(19)4/h5-10,13-14,22H,11-12H2,1-4H3,(H,21,23). The first kappa shape index (κ1) is 20.0. The second-order valence-corrected chi connectivity index (χ2v) is 8.52. The highest BCUT2D eigenvalue weighted by Crippen LogP contribution is 2.23. The van der Waals surface area contributed by atoms with Gasteiger partial charge in [0, 0.05) is 12.1 Å². The molecule has 0 aliphatic carbocycles. The van der Waals surface area contributed by atoms with Gasteiger partial charge >= 0.3 is 0 Å². The third-order valence-electron chi connectivity index (χ3n) is 4.13. The van der Waals surface area contributed by atoms with Crippen molar-refractivity contribution in [1.29, 1.82) is 0 Å². The quantitative estimate of drug-likeness (QED) is 0.772. The van der Waals surface area contributed by atoms with Crippen molar-refractivity contribution < 1.29 is 13.2 Å². The summed E-state index contributed by atoms with van der Waals surface area (Å²) >= 11 is 0. The van der Waals surface area contributed by atoms with Crippen LogP contribution in [0.3, 0.4) is 0 Å². The SMILES string of the molecule is Cc1cccc(C)c1NS(=O)(=O)c1cccc(C(=O)NCCC(C)C)c1. The van der Waals surface area contributed by atoms with Gasteiger partial charge in [-0.25, -0.2) is 8.42 Å². The van der Waals surface area contributed by atoms with Gasteiger partial charge < -0.3 is 5.32 Å². The molecule has 0 aliphatic rings. The summed E-state index contributed by atoms with van der Waals surface area (Å²) in [4.78, 5) is 12.3. The topological polar surface area (TPSA) is 75.3 Å². The number of sulfonamides is 1. The molecule has 0 aromatic heterocycles. The third-order valence-corrected chi connectivity index (χ3v) is 5.48. The maximum Gasteiger partial charge on any atom is 0.261 e. The molecule has 140 valence electrons. The normalized spacial score (nSPS) is 11.4. The fourth-order valence-electron chi connectivity index (χ4n) is 2.55. The third kappa shape index (κ3) is 5.08. The molecule has 0 atom stereocenters. The molecule has 1 amide bonds. The Morgan fingerprint density at radius 2 is 1.65 bits per heavy atom. The number of aryl methyl sites for hydroxylation is 2. The van der Waals surface area contributed by atoms with Gasteiger partial charge in [0.2, 0.25) is 0 Å². The summed E-state index contributed by atoms with van der Waals surface area (Å²) in [6, 6.07) is 11.7. The predicted octanol–water partition coefficient (Wildman–Crippen LogP) is 3.88. The van der Waals surface area contributed by atoms with Crippen molar-refractivity contribution in [2.75, 3.05) is 11.3 Å². The van der Waals surface area contributed by atoms with Crippen molar-refractivity contribution >= 4 is 21.6 Å². The second kappa shape index (κ2) is 8.36. The van der Waals surface area contributed by atoms with Crippen molar-refractivity contribution in [3.63, 3.8) is 0 Å². The van der Waals surface area contributed by atoms with Crippen LogP contribution in [0.2, 0.25) is 0 Å². The molecule has 2 rings (SSSR count). The van der Waals surface area contributed by atoms with E-state index in [-0.39, 0.29) is 10.8 Å². The minimum Gasteiger partial charge on any atom is -0.352 e. The van der Waals surface area contributed by atoms with Crippen LogP contribution in [0.5, 0.6) is 0 Å². The molecule has 6 heteroatoms. The van der Waals surface area contributed by atoms with Gasteiger partial charge in [0.15, 0.2) is 0 Å². The van der Waals surface area contributed by atoms with Crippen LogP contribution in [-0.2, 0) is 10.0 Å². The number of para-hydroxylation sites is 1. The minimum atomic E-state index is -3.78. The zero-order valence-electron chi connectivity index (χ0n) is 15.7.